The molecular weight excluding hydrogens is 452 g/mol. The summed E-state index contributed by atoms with van der Waals surface area (Å²) in [6.45, 7) is 8.51. The fourth-order valence-electron chi connectivity index (χ4n) is 3.97. The number of anilines is 2. The molecule has 4 heterocycles. The highest BCUT2D eigenvalue weighted by atomic mass is 35.5. The molecule has 1 aliphatic heterocycles. The van der Waals surface area contributed by atoms with Gasteiger partial charge < -0.3 is 20.7 Å². The number of aliphatic hydroxyl groups is 1. The van der Waals surface area contributed by atoms with E-state index in [0.717, 1.165) is 60.8 Å². The molecule has 34 heavy (non-hydrogen) atoms. The number of halogens is 1. The molecule has 0 saturated carbocycles. The molecule has 0 spiro atoms. The summed E-state index contributed by atoms with van der Waals surface area (Å²) in [6, 6.07) is 11.9. The lowest BCUT2D eigenvalue weighted by molar-refractivity contribution is 0.0737. The van der Waals surface area contributed by atoms with E-state index < -0.39 is 5.60 Å². The van der Waals surface area contributed by atoms with Crippen molar-refractivity contribution in [2.75, 3.05) is 31.5 Å². The first kappa shape index (κ1) is 24.0. The van der Waals surface area contributed by atoms with Gasteiger partial charge in [0.15, 0.2) is 0 Å². The van der Waals surface area contributed by atoms with Crippen molar-refractivity contribution in [3.05, 3.63) is 60.2 Å². The van der Waals surface area contributed by atoms with Gasteiger partial charge in [-0.05, 0) is 49.7 Å². The molecule has 10 heteroatoms. The normalized spacial score (nSPS) is 14.7. The number of hydrogen-bond acceptors (Lipinski definition) is 8. The molecule has 0 atom stereocenters. The maximum absolute atomic E-state index is 10.3. The number of piperazine rings is 1. The Balaban J connectivity index is 0.00000274. The minimum atomic E-state index is -1.03. The van der Waals surface area contributed by atoms with Gasteiger partial charge in [0, 0.05) is 44.5 Å². The van der Waals surface area contributed by atoms with Crippen molar-refractivity contribution in [2.45, 2.75) is 26.0 Å². The molecule has 0 aliphatic carbocycles. The lowest BCUT2D eigenvalue weighted by Crippen LogP contribution is -2.42. The molecule has 0 unspecified atom stereocenters. The predicted octanol–water partition coefficient (Wildman–Crippen LogP) is 3.21. The molecule has 178 valence electrons. The number of nitrogens with one attached hydrogen (secondary N) is 3. The van der Waals surface area contributed by atoms with Gasteiger partial charge in [0.05, 0.1) is 22.4 Å². The summed E-state index contributed by atoms with van der Waals surface area (Å²) in [4.78, 5) is 23.4. The van der Waals surface area contributed by atoms with Crippen molar-refractivity contribution >= 4 is 35.2 Å². The van der Waals surface area contributed by atoms with Gasteiger partial charge in [-0.3, -0.25) is 4.90 Å². The maximum Gasteiger partial charge on any atom is 0.206 e. The number of rotatable bonds is 6. The Labute approximate surface area is 204 Å². The lowest BCUT2D eigenvalue weighted by atomic mass is 10.0. The third kappa shape index (κ3) is 5.51. The van der Waals surface area contributed by atoms with Crippen LogP contribution in [0.15, 0.2) is 48.9 Å². The highest BCUT2D eigenvalue weighted by Crippen LogP contribution is 2.26. The Morgan fingerprint density at radius 3 is 2.68 bits per heavy atom. The lowest BCUT2D eigenvalue weighted by Gasteiger charge is -2.27. The summed E-state index contributed by atoms with van der Waals surface area (Å²) in [6.07, 6.45) is 3.31. The monoisotopic (exact) mass is 480 g/mol. The highest BCUT2D eigenvalue weighted by Gasteiger charge is 2.19. The van der Waals surface area contributed by atoms with Crippen LogP contribution in [0.3, 0.4) is 0 Å². The van der Waals surface area contributed by atoms with Gasteiger partial charge in [0.1, 0.15) is 17.7 Å². The van der Waals surface area contributed by atoms with Crippen LogP contribution in [0.4, 0.5) is 11.8 Å². The van der Waals surface area contributed by atoms with E-state index in [1.807, 2.05) is 30.5 Å². The molecule has 4 aromatic rings. The van der Waals surface area contributed by atoms with Gasteiger partial charge in [-0.2, -0.15) is 0 Å². The largest absolute Gasteiger partial charge is 0.384 e. The number of imidazole rings is 1. The first-order valence-corrected chi connectivity index (χ1v) is 11.1. The average molecular weight is 481 g/mol. The van der Waals surface area contributed by atoms with E-state index >= 15 is 0 Å². The van der Waals surface area contributed by atoms with Crippen LogP contribution in [-0.2, 0) is 12.1 Å². The van der Waals surface area contributed by atoms with Gasteiger partial charge in [0.25, 0.3) is 0 Å². The van der Waals surface area contributed by atoms with E-state index in [1.165, 1.54) is 11.9 Å². The van der Waals surface area contributed by atoms with Crippen molar-refractivity contribution < 1.29 is 5.11 Å². The minimum Gasteiger partial charge on any atom is -0.384 e. The molecule has 3 aromatic heterocycles. The zero-order valence-corrected chi connectivity index (χ0v) is 20.1. The van der Waals surface area contributed by atoms with E-state index in [9.17, 15) is 5.11 Å². The van der Waals surface area contributed by atoms with E-state index in [1.54, 1.807) is 13.8 Å². The van der Waals surface area contributed by atoms with Gasteiger partial charge in [0.2, 0.25) is 5.95 Å². The van der Waals surface area contributed by atoms with Crippen LogP contribution in [0.1, 0.15) is 25.1 Å². The summed E-state index contributed by atoms with van der Waals surface area (Å²) in [5.41, 5.74) is 4.16. The van der Waals surface area contributed by atoms with Crippen LogP contribution in [0, 0.1) is 0 Å². The van der Waals surface area contributed by atoms with Crippen LogP contribution in [0.5, 0.6) is 0 Å². The van der Waals surface area contributed by atoms with E-state index in [-0.39, 0.29) is 12.4 Å². The third-order valence-corrected chi connectivity index (χ3v) is 5.76. The second kappa shape index (κ2) is 10.0. The van der Waals surface area contributed by atoms with Crippen molar-refractivity contribution in [1.82, 2.24) is 35.1 Å². The van der Waals surface area contributed by atoms with Gasteiger partial charge >= 0.3 is 0 Å². The summed E-state index contributed by atoms with van der Waals surface area (Å²) in [5.74, 6) is 1.39. The summed E-state index contributed by atoms with van der Waals surface area (Å²) >= 11 is 0. The molecule has 0 amide bonds. The second-order valence-electron chi connectivity index (χ2n) is 8.87. The van der Waals surface area contributed by atoms with E-state index in [4.69, 9.17) is 0 Å². The molecular formula is C24H29ClN8O. The number of aromatic nitrogens is 5. The molecule has 1 saturated heterocycles. The third-order valence-electron chi connectivity index (χ3n) is 5.76. The SMILES string of the molecule is CC(C)(O)c1cc(-c2ccc3nc(Nc4cc(CN5CCNCC5)ccn4)[nH]c3c2)ncn1.Cl. The van der Waals surface area contributed by atoms with Crippen molar-refractivity contribution in [1.29, 1.82) is 0 Å². The van der Waals surface area contributed by atoms with Crippen molar-refractivity contribution in [2.24, 2.45) is 0 Å². The Hall–Kier alpha value is -3.11. The molecule has 1 fully saturated rings. The molecule has 1 aromatic carbocycles. The van der Waals surface area contributed by atoms with Gasteiger partial charge in [-0.1, -0.05) is 6.07 Å². The minimum absolute atomic E-state index is 0. The smallest absolute Gasteiger partial charge is 0.206 e. The standard InChI is InChI=1S/C24H28N8O.ClH/c1-24(2,33)21-13-19(27-15-28-21)17-3-4-18-20(12-17)30-23(29-18)31-22-11-16(5-6-26-22)14-32-9-7-25-8-10-32;/h3-6,11-13,15,25,33H,7-10,14H2,1-2H3,(H2,26,29,30,31);1H. The fourth-order valence-corrected chi connectivity index (χ4v) is 3.97. The van der Waals surface area contributed by atoms with Crippen LogP contribution in [-0.4, -0.2) is 61.1 Å². The zero-order chi connectivity index (χ0) is 22.8. The number of H-pyrrole nitrogens is 1. The summed E-state index contributed by atoms with van der Waals surface area (Å²) < 4.78 is 0. The van der Waals surface area contributed by atoms with Crippen LogP contribution >= 0.6 is 12.4 Å². The Morgan fingerprint density at radius 1 is 1.06 bits per heavy atom. The van der Waals surface area contributed by atoms with Crippen LogP contribution in [0.25, 0.3) is 22.3 Å². The molecule has 4 N–H and O–H groups in total. The summed E-state index contributed by atoms with van der Waals surface area (Å²) in [5, 5.41) is 16.9. The predicted molar refractivity (Wildman–Crippen MR) is 135 cm³/mol. The quantitative estimate of drug-likeness (QED) is 0.332. The van der Waals surface area contributed by atoms with E-state index in [0.29, 0.717) is 11.6 Å². The fraction of sp³-hybridized carbons (Fsp3) is 0.333. The van der Waals surface area contributed by atoms with Crippen LogP contribution in [0.2, 0.25) is 0 Å². The maximum atomic E-state index is 10.3. The summed E-state index contributed by atoms with van der Waals surface area (Å²) in [7, 11) is 0. The number of nitrogens with zero attached hydrogens (tertiary/aromatic N) is 5. The Kier molecular flexibility index (Phi) is 7.08. The first-order chi connectivity index (χ1) is 15.9. The molecule has 0 bridgehead atoms. The topological polar surface area (TPSA) is 115 Å². The van der Waals surface area contributed by atoms with Crippen molar-refractivity contribution in [3.8, 4) is 11.3 Å². The molecule has 5 rings (SSSR count). The van der Waals surface area contributed by atoms with E-state index in [2.05, 4.69) is 52.6 Å². The number of hydrogen-bond donors (Lipinski definition) is 4. The Morgan fingerprint density at radius 2 is 1.88 bits per heavy atom. The molecule has 1 aliphatic rings. The highest BCUT2D eigenvalue weighted by molar-refractivity contribution is 5.85. The number of fused-ring (bicyclic) bond motifs is 1. The number of pyridine rings is 1. The Bertz CT molecular complexity index is 1260. The number of benzene rings is 1. The van der Waals surface area contributed by atoms with Gasteiger partial charge in [-0.15, -0.1) is 12.4 Å². The van der Waals surface area contributed by atoms with Crippen LogP contribution < -0.4 is 10.6 Å². The van der Waals surface area contributed by atoms with Gasteiger partial charge in [-0.25, -0.2) is 19.9 Å². The number of aromatic amines is 1. The second-order valence-corrected chi connectivity index (χ2v) is 8.87. The first-order valence-electron chi connectivity index (χ1n) is 11.1. The molecule has 9 nitrogen and oxygen atoms in total. The van der Waals surface area contributed by atoms with Crippen molar-refractivity contribution in [3.63, 3.8) is 0 Å². The molecule has 0 radical (unpaired) electrons. The zero-order valence-electron chi connectivity index (χ0n) is 19.2. The average Bonchev–Trinajstić information content (AvgIpc) is 3.21.